The molecule has 0 aliphatic carbocycles. The van der Waals surface area contributed by atoms with E-state index in [9.17, 15) is 4.79 Å². The van der Waals surface area contributed by atoms with Crippen LogP contribution in [0.3, 0.4) is 0 Å². The molecule has 1 heterocycles. The Balaban J connectivity index is 2.72. The first kappa shape index (κ1) is 8.23. The van der Waals surface area contributed by atoms with E-state index in [0.29, 0.717) is 13.2 Å². The summed E-state index contributed by atoms with van der Waals surface area (Å²) in [5.74, 6) is -1.05. The Morgan fingerprint density at radius 3 is 2.64 bits per heavy atom. The van der Waals surface area contributed by atoms with Crippen LogP contribution < -0.4 is 0 Å². The number of hydrogen-bond donors (Lipinski definition) is 1. The van der Waals surface area contributed by atoms with Gasteiger partial charge in [-0.3, -0.25) is 0 Å². The van der Waals surface area contributed by atoms with E-state index >= 15 is 0 Å². The highest BCUT2D eigenvalue weighted by Crippen LogP contribution is 2.17. The third-order valence-electron chi connectivity index (χ3n) is 1.60. The number of carboxylic acid groups (broad SMARTS) is 1. The molecule has 1 N–H and O–H groups in total. The Kier molecular flexibility index (Phi) is 2.26. The van der Waals surface area contributed by atoms with E-state index in [1.807, 2.05) is 0 Å². The van der Waals surface area contributed by atoms with Crippen LogP contribution in [0.15, 0.2) is 12.7 Å². The van der Waals surface area contributed by atoms with Crippen molar-refractivity contribution in [2.45, 2.75) is 5.60 Å². The van der Waals surface area contributed by atoms with Crippen LogP contribution in [0.1, 0.15) is 0 Å². The minimum atomic E-state index is -1.32. The summed E-state index contributed by atoms with van der Waals surface area (Å²) in [6.07, 6.45) is 1.26. The quantitative estimate of drug-likeness (QED) is 0.576. The molecule has 4 heteroatoms. The van der Waals surface area contributed by atoms with Crippen LogP contribution in [0.4, 0.5) is 0 Å². The molecule has 0 saturated carbocycles. The molecule has 1 unspecified atom stereocenters. The van der Waals surface area contributed by atoms with Gasteiger partial charge in [0.15, 0.2) is 0 Å². The molecule has 0 spiro atoms. The predicted molar refractivity (Wildman–Crippen MR) is 37.3 cm³/mol. The zero-order chi connectivity index (χ0) is 8.32. The molecule has 1 aliphatic heterocycles. The smallest absolute Gasteiger partial charge is 0.342 e. The summed E-state index contributed by atoms with van der Waals surface area (Å²) >= 11 is 0. The molecule has 0 aromatic rings. The number of carboxylic acids is 1. The summed E-state index contributed by atoms with van der Waals surface area (Å²) in [6.45, 7) is 4.19. The highest BCUT2D eigenvalue weighted by molar-refractivity contribution is 5.80. The third kappa shape index (κ3) is 1.41. The average molecular weight is 158 g/mol. The number of rotatable bonds is 2. The fraction of sp³-hybridized carbons (Fsp3) is 0.571. The Morgan fingerprint density at radius 1 is 1.64 bits per heavy atom. The van der Waals surface area contributed by atoms with Crippen molar-refractivity contribution in [3.8, 4) is 0 Å². The highest BCUT2D eigenvalue weighted by Gasteiger charge is 2.39. The Morgan fingerprint density at radius 2 is 2.36 bits per heavy atom. The fourth-order valence-corrected chi connectivity index (χ4v) is 0.877. The number of hydrogen-bond acceptors (Lipinski definition) is 3. The van der Waals surface area contributed by atoms with Crippen LogP contribution in [0.25, 0.3) is 0 Å². The van der Waals surface area contributed by atoms with Crippen LogP contribution in [0, 0.1) is 0 Å². The van der Waals surface area contributed by atoms with Gasteiger partial charge >= 0.3 is 5.97 Å². The molecule has 1 fully saturated rings. The third-order valence-corrected chi connectivity index (χ3v) is 1.60. The van der Waals surface area contributed by atoms with E-state index < -0.39 is 11.6 Å². The van der Waals surface area contributed by atoms with Gasteiger partial charge in [0, 0.05) is 0 Å². The van der Waals surface area contributed by atoms with Crippen LogP contribution in [-0.4, -0.2) is 36.5 Å². The summed E-state index contributed by atoms with van der Waals surface area (Å²) in [4.78, 5) is 10.6. The minimum absolute atomic E-state index is 0.0475. The summed E-state index contributed by atoms with van der Waals surface area (Å²) < 4.78 is 9.99. The molecule has 1 aliphatic rings. The second-order valence-corrected chi connectivity index (χ2v) is 2.30. The molecule has 11 heavy (non-hydrogen) atoms. The second kappa shape index (κ2) is 3.02. The van der Waals surface area contributed by atoms with Gasteiger partial charge < -0.3 is 14.6 Å². The lowest BCUT2D eigenvalue weighted by atomic mass is 10.1. The normalized spacial score (nSPS) is 31.3. The molecule has 0 aromatic heterocycles. The molecular weight excluding hydrogens is 148 g/mol. The zero-order valence-electron chi connectivity index (χ0n) is 6.08. The van der Waals surface area contributed by atoms with Crippen LogP contribution >= 0.6 is 0 Å². The molecular formula is C7H10O4. The first-order valence-corrected chi connectivity index (χ1v) is 3.30. The van der Waals surface area contributed by atoms with Gasteiger partial charge in [0.1, 0.15) is 0 Å². The maximum atomic E-state index is 10.6. The van der Waals surface area contributed by atoms with E-state index in [1.165, 1.54) is 6.08 Å². The van der Waals surface area contributed by atoms with Gasteiger partial charge in [-0.05, 0) is 6.08 Å². The van der Waals surface area contributed by atoms with Crippen LogP contribution in [0.2, 0.25) is 0 Å². The largest absolute Gasteiger partial charge is 0.479 e. The molecule has 0 aromatic carbocycles. The van der Waals surface area contributed by atoms with Crippen LogP contribution in [-0.2, 0) is 14.3 Å². The number of aliphatic carboxylic acids is 1. The highest BCUT2D eigenvalue weighted by atomic mass is 16.6. The van der Waals surface area contributed by atoms with Crippen molar-refractivity contribution in [3.63, 3.8) is 0 Å². The van der Waals surface area contributed by atoms with Gasteiger partial charge in [-0.15, -0.1) is 0 Å². The molecule has 4 nitrogen and oxygen atoms in total. The number of ether oxygens (including phenoxy) is 2. The summed E-state index contributed by atoms with van der Waals surface area (Å²) in [5, 5.41) is 8.71. The van der Waals surface area contributed by atoms with E-state index in [-0.39, 0.29) is 6.61 Å². The van der Waals surface area contributed by atoms with Gasteiger partial charge in [-0.1, -0.05) is 6.58 Å². The van der Waals surface area contributed by atoms with Gasteiger partial charge in [-0.2, -0.15) is 0 Å². The fourth-order valence-electron chi connectivity index (χ4n) is 0.877. The Labute approximate surface area is 64.4 Å². The Bertz CT molecular complexity index is 169. The average Bonchev–Trinajstić information content (AvgIpc) is 2.05. The molecule has 0 amide bonds. The second-order valence-electron chi connectivity index (χ2n) is 2.30. The van der Waals surface area contributed by atoms with Crippen molar-refractivity contribution >= 4 is 5.97 Å². The topological polar surface area (TPSA) is 55.8 Å². The van der Waals surface area contributed by atoms with E-state index in [4.69, 9.17) is 14.6 Å². The molecule has 1 atom stereocenters. The van der Waals surface area contributed by atoms with Gasteiger partial charge in [-0.25, -0.2) is 4.79 Å². The van der Waals surface area contributed by atoms with Gasteiger partial charge in [0.05, 0.1) is 19.8 Å². The maximum Gasteiger partial charge on any atom is 0.342 e. The van der Waals surface area contributed by atoms with Gasteiger partial charge in [0.25, 0.3) is 0 Å². The number of carbonyl (C=O) groups is 1. The van der Waals surface area contributed by atoms with Crippen LogP contribution in [0.5, 0.6) is 0 Å². The summed E-state index contributed by atoms with van der Waals surface area (Å²) in [7, 11) is 0. The molecule has 1 saturated heterocycles. The van der Waals surface area contributed by atoms with Crippen molar-refractivity contribution in [2.24, 2.45) is 0 Å². The van der Waals surface area contributed by atoms with Crippen molar-refractivity contribution in [1.29, 1.82) is 0 Å². The van der Waals surface area contributed by atoms with E-state index in [1.54, 1.807) is 0 Å². The summed E-state index contributed by atoms with van der Waals surface area (Å²) in [6, 6.07) is 0. The van der Waals surface area contributed by atoms with E-state index in [0.717, 1.165) is 0 Å². The summed E-state index contributed by atoms with van der Waals surface area (Å²) in [5.41, 5.74) is -1.32. The monoisotopic (exact) mass is 158 g/mol. The standard InChI is InChI=1S/C7H10O4/c1-2-7(6(8)9)5-10-3-4-11-7/h2H,1,3-5H2,(H,8,9). The van der Waals surface area contributed by atoms with Gasteiger partial charge in [0.2, 0.25) is 5.60 Å². The molecule has 0 radical (unpaired) electrons. The van der Waals surface area contributed by atoms with Crippen molar-refractivity contribution in [2.75, 3.05) is 19.8 Å². The first-order chi connectivity index (χ1) is 5.21. The lowest BCUT2D eigenvalue weighted by Gasteiger charge is -2.29. The molecule has 0 bridgehead atoms. The minimum Gasteiger partial charge on any atom is -0.479 e. The lowest BCUT2D eigenvalue weighted by Crippen LogP contribution is -2.48. The molecule has 1 rings (SSSR count). The van der Waals surface area contributed by atoms with Crippen molar-refractivity contribution in [1.82, 2.24) is 0 Å². The van der Waals surface area contributed by atoms with Crippen molar-refractivity contribution in [3.05, 3.63) is 12.7 Å². The lowest BCUT2D eigenvalue weighted by molar-refractivity contribution is -0.181. The van der Waals surface area contributed by atoms with E-state index in [2.05, 4.69) is 6.58 Å². The maximum absolute atomic E-state index is 10.6. The first-order valence-electron chi connectivity index (χ1n) is 3.30. The predicted octanol–water partition coefficient (Wildman–Crippen LogP) is 0.0426. The van der Waals surface area contributed by atoms with Crippen molar-refractivity contribution < 1.29 is 19.4 Å². The Hall–Kier alpha value is -0.870. The SMILES string of the molecule is C=CC1(C(=O)O)COCCO1. The zero-order valence-corrected chi connectivity index (χ0v) is 6.08. The molecule has 62 valence electrons.